The molecule has 3 rings (SSSR count). The third kappa shape index (κ3) is 5.06. The summed E-state index contributed by atoms with van der Waals surface area (Å²) in [4.78, 5) is 17.8. The van der Waals surface area contributed by atoms with Gasteiger partial charge in [0.15, 0.2) is 0 Å². The zero-order valence-corrected chi connectivity index (χ0v) is 16.9. The Morgan fingerprint density at radius 2 is 2.19 bits per heavy atom. The maximum absolute atomic E-state index is 12.2. The Hall–Kier alpha value is -1.89. The van der Waals surface area contributed by atoms with Gasteiger partial charge in [0, 0.05) is 15.3 Å². The van der Waals surface area contributed by atoms with E-state index in [1.165, 1.54) is 11.3 Å². The average molecular weight is 407 g/mol. The van der Waals surface area contributed by atoms with Crippen LogP contribution in [0.5, 0.6) is 5.75 Å². The first-order valence-electron chi connectivity index (χ1n) is 8.16. The topological polar surface area (TPSA) is 51.2 Å². The van der Waals surface area contributed by atoms with Gasteiger partial charge in [-0.25, -0.2) is 4.98 Å². The fourth-order valence-corrected chi connectivity index (χ4v) is 3.97. The number of aromatic nitrogens is 1. The summed E-state index contributed by atoms with van der Waals surface area (Å²) in [6, 6.07) is 9.57. The highest BCUT2D eigenvalue weighted by atomic mass is 35.5. The number of benzene rings is 1. The predicted octanol–water partition coefficient (Wildman–Crippen LogP) is 5.17. The maximum Gasteiger partial charge on any atom is 0.226 e. The molecule has 0 radical (unpaired) electrons. The lowest BCUT2D eigenvalue weighted by Gasteiger charge is -2.11. The second-order valence-electron chi connectivity index (χ2n) is 5.91. The number of hydrogen-bond acceptors (Lipinski definition) is 5. The number of nitrogens with one attached hydrogen (secondary N) is 1. The number of ether oxygens (including phenoxy) is 1. The number of hydrogen-bond donors (Lipinski definition) is 1. The van der Waals surface area contributed by atoms with Crippen LogP contribution >= 0.6 is 34.3 Å². The van der Waals surface area contributed by atoms with Crippen molar-refractivity contribution in [2.24, 2.45) is 0 Å². The fraction of sp³-hybridized carbons (Fsp3) is 0.263. The number of carbonyl (C=O) groups excluding carboxylic acids is 1. The van der Waals surface area contributed by atoms with Gasteiger partial charge in [0.25, 0.3) is 0 Å². The minimum Gasteiger partial charge on any atom is -0.486 e. The summed E-state index contributed by atoms with van der Waals surface area (Å²) in [5.41, 5.74) is 1.73. The molecule has 3 aromatic rings. The second-order valence-corrected chi connectivity index (χ2v) is 8.24. The molecule has 0 aliphatic carbocycles. The highest BCUT2D eigenvalue weighted by Crippen LogP contribution is 2.22. The molecule has 1 aromatic carbocycles. The summed E-state index contributed by atoms with van der Waals surface area (Å²) in [5, 5.41) is 8.47. The van der Waals surface area contributed by atoms with Crippen LogP contribution in [-0.4, -0.2) is 10.9 Å². The van der Waals surface area contributed by atoms with E-state index in [1.54, 1.807) is 11.3 Å². The van der Waals surface area contributed by atoms with Gasteiger partial charge in [-0.2, -0.15) is 0 Å². The number of rotatable bonds is 7. The molecule has 26 heavy (non-hydrogen) atoms. The Morgan fingerprint density at radius 1 is 1.35 bits per heavy atom. The summed E-state index contributed by atoms with van der Waals surface area (Å²) in [6.07, 6.45) is 0.270. The molecule has 136 valence electrons. The third-order valence-electron chi connectivity index (χ3n) is 3.78. The normalized spacial score (nSPS) is 12.0. The highest BCUT2D eigenvalue weighted by Gasteiger charge is 2.13. The molecule has 0 saturated heterocycles. The molecule has 7 heteroatoms. The zero-order chi connectivity index (χ0) is 18.5. The Kier molecular flexibility index (Phi) is 6.29. The molecule has 2 heterocycles. The first-order chi connectivity index (χ1) is 12.5. The van der Waals surface area contributed by atoms with Gasteiger partial charge in [-0.05, 0) is 49.1 Å². The molecule has 2 aromatic heterocycles. The Morgan fingerprint density at radius 3 is 2.92 bits per heavy atom. The van der Waals surface area contributed by atoms with Gasteiger partial charge in [0.05, 0.1) is 18.2 Å². The molecule has 1 amide bonds. The minimum atomic E-state index is -0.0306. The molecule has 0 fully saturated rings. The van der Waals surface area contributed by atoms with E-state index in [2.05, 4.69) is 10.3 Å². The highest BCUT2D eigenvalue weighted by molar-refractivity contribution is 7.10. The molecule has 0 aliphatic rings. The largest absolute Gasteiger partial charge is 0.486 e. The number of nitrogens with zero attached hydrogens (tertiary/aromatic N) is 1. The summed E-state index contributed by atoms with van der Waals surface area (Å²) in [6.45, 7) is 4.30. The van der Waals surface area contributed by atoms with Gasteiger partial charge < -0.3 is 10.1 Å². The molecular formula is C19H19ClN2O2S2. The van der Waals surface area contributed by atoms with Crippen LogP contribution in [0.25, 0.3) is 0 Å². The SMILES string of the molecule is Cc1cc(OCc2nc(CC(=O)N[C@H](C)c3cccs3)cs2)ccc1Cl. The third-order valence-corrected chi connectivity index (χ3v) is 6.13. The number of carbonyl (C=O) groups is 1. The van der Waals surface area contributed by atoms with Crippen molar-refractivity contribution in [1.82, 2.24) is 10.3 Å². The summed E-state index contributed by atoms with van der Waals surface area (Å²) in [5.74, 6) is 0.725. The van der Waals surface area contributed by atoms with E-state index in [4.69, 9.17) is 16.3 Å². The maximum atomic E-state index is 12.2. The first kappa shape index (κ1) is 18.9. The van der Waals surface area contributed by atoms with Crippen molar-refractivity contribution in [1.29, 1.82) is 0 Å². The van der Waals surface area contributed by atoms with E-state index >= 15 is 0 Å². The van der Waals surface area contributed by atoms with E-state index in [-0.39, 0.29) is 18.4 Å². The van der Waals surface area contributed by atoms with Crippen molar-refractivity contribution < 1.29 is 9.53 Å². The van der Waals surface area contributed by atoms with Crippen molar-refractivity contribution in [2.75, 3.05) is 0 Å². The van der Waals surface area contributed by atoms with Crippen molar-refractivity contribution in [2.45, 2.75) is 32.9 Å². The monoisotopic (exact) mass is 406 g/mol. The molecule has 0 spiro atoms. The standard InChI is InChI=1S/C19H19ClN2O2S2/c1-12-8-15(5-6-16(12)20)24-10-19-22-14(11-26-19)9-18(23)21-13(2)17-4-3-7-25-17/h3-8,11,13H,9-10H2,1-2H3,(H,21,23)/t13-/m1/s1. The molecule has 4 nitrogen and oxygen atoms in total. The number of amides is 1. The van der Waals surface area contributed by atoms with Crippen molar-refractivity contribution in [3.05, 3.63) is 67.3 Å². The molecule has 0 aliphatic heterocycles. The molecule has 0 bridgehead atoms. The van der Waals surface area contributed by atoms with E-state index in [9.17, 15) is 4.79 Å². The fourth-order valence-electron chi connectivity index (χ4n) is 2.41. The van der Waals surface area contributed by atoms with Gasteiger partial charge in [-0.1, -0.05) is 17.7 Å². The lowest BCUT2D eigenvalue weighted by molar-refractivity contribution is -0.121. The predicted molar refractivity (Wildman–Crippen MR) is 107 cm³/mol. The van der Waals surface area contributed by atoms with Gasteiger partial charge >= 0.3 is 0 Å². The minimum absolute atomic E-state index is 0.0112. The van der Waals surface area contributed by atoms with E-state index in [1.807, 2.05) is 54.9 Å². The van der Waals surface area contributed by atoms with Crippen LogP contribution in [0, 0.1) is 6.92 Å². The van der Waals surface area contributed by atoms with Crippen LogP contribution in [0.2, 0.25) is 5.02 Å². The molecule has 0 saturated carbocycles. The second kappa shape index (κ2) is 8.66. The van der Waals surface area contributed by atoms with Crippen LogP contribution in [-0.2, 0) is 17.8 Å². The summed E-state index contributed by atoms with van der Waals surface area (Å²) in [7, 11) is 0. The van der Waals surface area contributed by atoms with Crippen LogP contribution in [0.1, 0.15) is 34.1 Å². The van der Waals surface area contributed by atoms with Crippen molar-refractivity contribution in [3.8, 4) is 5.75 Å². The molecule has 1 N–H and O–H groups in total. The first-order valence-corrected chi connectivity index (χ1v) is 10.3. The lowest BCUT2D eigenvalue weighted by Crippen LogP contribution is -2.27. The smallest absolute Gasteiger partial charge is 0.226 e. The van der Waals surface area contributed by atoms with Crippen LogP contribution in [0.4, 0.5) is 0 Å². The molecule has 1 atom stereocenters. The van der Waals surface area contributed by atoms with Crippen LogP contribution in [0.15, 0.2) is 41.1 Å². The van der Waals surface area contributed by atoms with Crippen LogP contribution in [0.3, 0.4) is 0 Å². The molecule has 0 unspecified atom stereocenters. The average Bonchev–Trinajstić information content (AvgIpc) is 3.27. The Bertz CT molecular complexity index is 878. The summed E-state index contributed by atoms with van der Waals surface area (Å²) >= 11 is 9.15. The van der Waals surface area contributed by atoms with Crippen LogP contribution < -0.4 is 10.1 Å². The number of thiazole rings is 1. The van der Waals surface area contributed by atoms with Crippen molar-refractivity contribution in [3.63, 3.8) is 0 Å². The summed E-state index contributed by atoms with van der Waals surface area (Å²) < 4.78 is 5.75. The lowest BCUT2D eigenvalue weighted by atomic mass is 10.2. The van der Waals surface area contributed by atoms with E-state index in [0.29, 0.717) is 6.61 Å². The van der Waals surface area contributed by atoms with Gasteiger partial charge in [-0.3, -0.25) is 4.79 Å². The van der Waals surface area contributed by atoms with Gasteiger partial charge in [0.2, 0.25) is 5.91 Å². The Labute approximate surface area is 165 Å². The Balaban J connectivity index is 1.51. The molecular weight excluding hydrogens is 388 g/mol. The number of aryl methyl sites for hydroxylation is 1. The van der Waals surface area contributed by atoms with E-state index in [0.717, 1.165) is 31.9 Å². The van der Waals surface area contributed by atoms with Gasteiger partial charge in [-0.15, -0.1) is 22.7 Å². The number of thiophene rings is 1. The van der Waals surface area contributed by atoms with Gasteiger partial charge in [0.1, 0.15) is 17.4 Å². The quantitative estimate of drug-likeness (QED) is 0.589. The number of halogens is 1. The van der Waals surface area contributed by atoms with E-state index < -0.39 is 0 Å². The zero-order valence-electron chi connectivity index (χ0n) is 14.5. The van der Waals surface area contributed by atoms with Crippen molar-refractivity contribution >= 4 is 40.2 Å².